The fraction of sp³-hybridized carbons (Fsp3) is 0.0741. The number of aryl methyl sites for hydroxylation is 1. The number of benzene rings is 3. The molecule has 0 unspecified atom stereocenters. The zero-order valence-corrected chi connectivity index (χ0v) is 20.3. The van der Waals surface area contributed by atoms with Gasteiger partial charge in [-0.25, -0.2) is 23.4 Å². The maximum Gasteiger partial charge on any atom is 0.268 e. The number of nitrogens with zero attached hydrogens (tertiary/aromatic N) is 5. The largest absolute Gasteiger partial charge is 0.327 e. The lowest BCUT2D eigenvalue weighted by molar-refractivity contribution is 0.591. The monoisotopic (exact) mass is 494 g/mol. The van der Waals surface area contributed by atoms with E-state index in [1.165, 1.54) is 10.5 Å². The minimum atomic E-state index is -3.80. The van der Waals surface area contributed by atoms with Crippen molar-refractivity contribution in [3.63, 3.8) is 0 Å². The molecule has 0 amide bonds. The second-order valence-corrected chi connectivity index (χ2v) is 10.3. The number of fused-ring (bicyclic) bond motifs is 4. The SMILES string of the molecule is C=CCN1c2ccccc2-c2nc(Nc3ccc(-c4nc5ccccc5n4C)cc3)ncc2S1(=O)=O. The number of rotatable bonds is 5. The Bertz CT molecular complexity index is 1740. The summed E-state index contributed by atoms with van der Waals surface area (Å²) in [4.78, 5) is 13.7. The van der Waals surface area contributed by atoms with Gasteiger partial charge in [0.1, 0.15) is 10.7 Å². The van der Waals surface area contributed by atoms with E-state index in [0.29, 0.717) is 17.3 Å². The van der Waals surface area contributed by atoms with Gasteiger partial charge in [0, 0.05) is 23.9 Å². The van der Waals surface area contributed by atoms with Crippen molar-refractivity contribution in [1.82, 2.24) is 19.5 Å². The van der Waals surface area contributed by atoms with Crippen LogP contribution in [0.5, 0.6) is 0 Å². The highest BCUT2D eigenvalue weighted by atomic mass is 32.2. The van der Waals surface area contributed by atoms with Gasteiger partial charge in [0.2, 0.25) is 5.95 Å². The molecular formula is C27H22N6O2S. The van der Waals surface area contributed by atoms with Gasteiger partial charge in [-0.05, 0) is 42.5 Å². The van der Waals surface area contributed by atoms with E-state index in [1.807, 2.05) is 73.8 Å². The Balaban J connectivity index is 1.33. The maximum atomic E-state index is 13.3. The van der Waals surface area contributed by atoms with Crippen LogP contribution in [-0.4, -0.2) is 34.5 Å². The van der Waals surface area contributed by atoms with Crippen LogP contribution in [0.3, 0.4) is 0 Å². The summed E-state index contributed by atoms with van der Waals surface area (Å²) in [5, 5.41) is 3.19. The van der Waals surface area contributed by atoms with E-state index in [9.17, 15) is 8.42 Å². The van der Waals surface area contributed by atoms with Gasteiger partial charge < -0.3 is 9.88 Å². The van der Waals surface area contributed by atoms with Crippen LogP contribution >= 0.6 is 0 Å². The number of aromatic nitrogens is 4. The fourth-order valence-corrected chi connectivity index (χ4v) is 6.04. The summed E-state index contributed by atoms with van der Waals surface area (Å²) in [6.07, 6.45) is 2.92. The molecule has 36 heavy (non-hydrogen) atoms. The molecule has 178 valence electrons. The molecule has 0 aliphatic carbocycles. The Labute approximate surface area is 208 Å². The zero-order chi connectivity index (χ0) is 24.9. The Hall–Kier alpha value is -4.50. The number of hydrogen-bond acceptors (Lipinski definition) is 6. The molecule has 1 aliphatic rings. The summed E-state index contributed by atoms with van der Waals surface area (Å²) in [5.74, 6) is 1.19. The average molecular weight is 495 g/mol. The molecule has 0 saturated heterocycles. The van der Waals surface area contributed by atoms with Crippen molar-refractivity contribution in [2.24, 2.45) is 7.05 Å². The summed E-state index contributed by atoms with van der Waals surface area (Å²) in [6.45, 7) is 3.86. The normalized spacial score (nSPS) is 13.8. The van der Waals surface area contributed by atoms with E-state index < -0.39 is 10.0 Å². The Kier molecular flexibility index (Phi) is 5.08. The van der Waals surface area contributed by atoms with E-state index in [-0.39, 0.29) is 11.4 Å². The quantitative estimate of drug-likeness (QED) is 0.340. The molecule has 2 aromatic heterocycles. The molecule has 3 aromatic carbocycles. The lowest BCUT2D eigenvalue weighted by atomic mass is 10.1. The van der Waals surface area contributed by atoms with Crippen LogP contribution in [0.4, 0.5) is 17.3 Å². The van der Waals surface area contributed by atoms with Gasteiger partial charge in [0.05, 0.1) is 35.2 Å². The number of sulfonamides is 1. The second kappa shape index (κ2) is 8.31. The third-order valence-corrected chi connectivity index (χ3v) is 8.01. The lowest BCUT2D eigenvalue weighted by Gasteiger charge is -2.30. The summed E-state index contributed by atoms with van der Waals surface area (Å²) in [7, 11) is -1.80. The highest BCUT2D eigenvalue weighted by Gasteiger charge is 2.35. The van der Waals surface area contributed by atoms with Crippen LogP contribution in [0.2, 0.25) is 0 Å². The van der Waals surface area contributed by atoms with E-state index in [1.54, 1.807) is 12.1 Å². The Morgan fingerprint density at radius 2 is 1.72 bits per heavy atom. The van der Waals surface area contributed by atoms with Crippen molar-refractivity contribution >= 4 is 38.4 Å². The molecule has 6 rings (SSSR count). The first-order valence-electron chi connectivity index (χ1n) is 11.4. The molecule has 0 radical (unpaired) electrons. The summed E-state index contributed by atoms with van der Waals surface area (Å²) >= 11 is 0. The third kappa shape index (κ3) is 3.44. The number of para-hydroxylation sites is 3. The van der Waals surface area contributed by atoms with Crippen molar-refractivity contribution in [3.05, 3.63) is 91.6 Å². The molecule has 1 N–H and O–H groups in total. The second-order valence-electron chi connectivity index (χ2n) is 8.43. The number of imidazole rings is 1. The van der Waals surface area contributed by atoms with Gasteiger partial charge in [-0.1, -0.05) is 36.4 Å². The van der Waals surface area contributed by atoms with Crippen LogP contribution in [0.1, 0.15) is 0 Å². The number of nitrogens with one attached hydrogen (secondary N) is 1. The molecule has 0 saturated carbocycles. The Morgan fingerprint density at radius 1 is 0.972 bits per heavy atom. The predicted octanol–water partition coefficient (Wildman–Crippen LogP) is 5.14. The van der Waals surface area contributed by atoms with Crippen LogP contribution in [0.15, 0.2) is 96.5 Å². The molecule has 9 heteroatoms. The first-order valence-corrected chi connectivity index (χ1v) is 12.8. The van der Waals surface area contributed by atoms with Crippen molar-refractivity contribution in [2.75, 3.05) is 16.2 Å². The van der Waals surface area contributed by atoms with Crippen molar-refractivity contribution in [1.29, 1.82) is 0 Å². The minimum Gasteiger partial charge on any atom is -0.327 e. The first kappa shape index (κ1) is 22.0. The molecule has 0 spiro atoms. The van der Waals surface area contributed by atoms with Gasteiger partial charge in [0.15, 0.2) is 0 Å². The van der Waals surface area contributed by atoms with Crippen molar-refractivity contribution in [3.8, 4) is 22.6 Å². The fourth-order valence-electron chi connectivity index (χ4n) is 4.50. The van der Waals surface area contributed by atoms with E-state index in [0.717, 1.165) is 33.7 Å². The van der Waals surface area contributed by atoms with Crippen LogP contribution in [0.25, 0.3) is 33.7 Å². The highest BCUT2D eigenvalue weighted by molar-refractivity contribution is 7.93. The third-order valence-electron chi connectivity index (χ3n) is 6.23. The van der Waals surface area contributed by atoms with Crippen molar-refractivity contribution < 1.29 is 8.42 Å². The Morgan fingerprint density at radius 3 is 2.50 bits per heavy atom. The van der Waals surface area contributed by atoms with Crippen LogP contribution in [0, 0.1) is 0 Å². The van der Waals surface area contributed by atoms with Gasteiger partial charge in [-0.15, -0.1) is 6.58 Å². The van der Waals surface area contributed by atoms with Gasteiger partial charge in [-0.3, -0.25) is 4.31 Å². The van der Waals surface area contributed by atoms with E-state index >= 15 is 0 Å². The van der Waals surface area contributed by atoms with Gasteiger partial charge >= 0.3 is 0 Å². The lowest BCUT2D eigenvalue weighted by Crippen LogP contribution is -2.35. The summed E-state index contributed by atoms with van der Waals surface area (Å²) in [6, 6.07) is 23.1. The molecule has 3 heterocycles. The molecule has 1 aliphatic heterocycles. The molecule has 0 fully saturated rings. The topological polar surface area (TPSA) is 93.0 Å². The molecule has 0 atom stereocenters. The number of anilines is 3. The smallest absolute Gasteiger partial charge is 0.268 e. The van der Waals surface area contributed by atoms with Gasteiger partial charge in [0.25, 0.3) is 10.0 Å². The summed E-state index contributed by atoms with van der Waals surface area (Å²) < 4.78 is 29.9. The molecule has 5 aromatic rings. The van der Waals surface area contributed by atoms with E-state index in [4.69, 9.17) is 4.98 Å². The van der Waals surface area contributed by atoms with Gasteiger partial charge in [-0.2, -0.15) is 0 Å². The zero-order valence-electron chi connectivity index (χ0n) is 19.5. The van der Waals surface area contributed by atoms with E-state index in [2.05, 4.69) is 26.4 Å². The average Bonchev–Trinajstić information content (AvgIpc) is 3.23. The van der Waals surface area contributed by atoms with Crippen molar-refractivity contribution in [2.45, 2.75) is 4.90 Å². The highest BCUT2D eigenvalue weighted by Crippen LogP contribution is 2.42. The molecular weight excluding hydrogens is 472 g/mol. The standard InChI is InChI=1S/C27H22N6O2S/c1-3-16-33-22-10-6-4-8-20(22)25-24(36(33,34)35)17-28-27(31-25)29-19-14-12-18(13-15-19)26-30-21-9-5-7-11-23(21)32(26)2/h3-15,17H,1,16H2,2H3,(H,28,29,31). The summed E-state index contributed by atoms with van der Waals surface area (Å²) in [5.41, 5.74) is 5.44. The van der Waals surface area contributed by atoms with Crippen LogP contribution < -0.4 is 9.62 Å². The molecule has 8 nitrogen and oxygen atoms in total. The molecule has 0 bridgehead atoms. The first-order chi connectivity index (χ1) is 17.5. The maximum absolute atomic E-state index is 13.3. The minimum absolute atomic E-state index is 0.0748. The predicted molar refractivity (Wildman–Crippen MR) is 142 cm³/mol. The van der Waals surface area contributed by atoms with Crippen LogP contribution in [-0.2, 0) is 17.1 Å². The number of hydrogen-bond donors (Lipinski definition) is 1.